The molecule has 6 heteroatoms. The Balaban J connectivity index is 1.42. The molecular weight excluding hydrogens is 334 g/mol. The number of amides is 1. The lowest BCUT2D eigenvalue weighted by Crippen LogP contribution is -2.62. The Labute approximate surface area is 152 Å². The first kappa shape index (κ1) is 16.5. The van der Waals surface area contributed by atoms with Gasteiger partial charge in [0.2, 0.25) is 5.06 Å². The van der Waals surface area contributed by atoms with Crippen LogP contribution in [0.15, 0.2) is 30.5 Å². The summed E-state index contributed by atoms with van der Waals surface area (Å²) >= 11 is 1.29. The van der Waals surface area contributed by atoms with E-state index in [1.165, 1.54) is 24.2 Å². The van der Waals surface area contributed by atoms with Gasteiger partial charge in [0.05, 0.1) is 6.20 Å². The number of hydrogen-bond donors (Lipinski definition) is 1. The van der Waals surface area contributed by atoms with Crippen LogP contribution in [0.25, 0.3) is 0 Å². The number of hydrogen-bond acceptors (Lipinski definition) is 5. The number of thiazole rings is 1. The van der Waals surface area contributed by atoms with Crippen molar-refractivity contribution in [2.45, 2.75) is 38.8 Å². The molecule has 5 rings (SSSR count). The Morgan fingerprint density at radius 1 is 1.36 bits per heavy atom. The third-order valence-corrected chi connectivity index (χ3v) is 6.24. The van der Waals surface area contributed by atoms with Crippen molar-refractivity contribution in [2.24, 2.45) is 5.92 Å². The summed E-state index contributed by atoms with van der Waals surface area (Å²) in [6, 6.07) is 8.47. The third-order valence-electron chi connectivity index (χ3n) is 5.36. The number of piperidine rings is 3. The highest BCUT2D eigenvalue weighted by molar-refractivity contribution is 7.15. The fourth-order valence-electron chi connectivity index (χ4n) is 3.96. The van der Waals surface area contributed by atoms with Crippen LogP contribution in [-0.4, -0.2) is 41.0 Å². The molecule has 2 bridgehead atoms. The lowest BCUT2D eigenvalue weighted by atomic mass is 9.79. The Morgan fingerprint density at radius 3 is 2.88 bits per heavy atom. The van der Waals surface area contributed by atoms with E-state index in [4.69, 9.17) is 4.74 Å². The summed E-state index contributed by atoms with van der Waals surface area (Å²) < 4.78 is 5.82. The third kappa shape index (κ3) is 3.41. The molecule has 3 saturated heterocycles. The summed E-state index contributed by atoms with van der Waals surface area (Å²) in [7, 11) is 0. The fourth-order valence-corrected chi connectivity index (χ4v) is 4.66. The second-order valence-electron chi connectivity index (χ2n) is 7.02. The van der Waals surface area contributed by atoms with Crippen molar-refractivity contribution in [3.05, 3.63) is 41.0 Å². The smallest absolute Gasteiger partial charge is 0.280 e. The van der Waals surface area contributed by atoms with E-state index in [-0.39, 0.29) is 11.9 Å². The van der Waals surface area contributed by atoms with Crippen LogP contribution in [0, 0.1) is 12.8 Å². The number of nitrogens with one attached hydrogen (secondary N) is 1. The number of carbonyl (C=O) groups excluding carboxylic acids is 1. The molecule has 1 aromatic carbocycles. The minimum absolute atomic E-state index is 0.0882. The van der Waals surface area contributed by atoms with E-state index in [9.17, 15) is 4.79 Å². The largest absolute Gasteiger partial charge is 0.445 e. The van der Waals surface area contributed by atoms with Gasteiger partial charge >= 0.3 is 0 Å². The minimum Gasteiger partial charge on any atom is -0.445 e. The molecule has 25 heavy (non-hydrogen) atoms. The highest BCUT2D eigenvalue weighted by Crippen LogP contribution is 2.33. The van der Waals surface area contributed by atoms with Gasteiger partial charge in [-0.15, -0.1) is 0 Å². The maximum absolute atomic E-state index is 12.6. The molecule has 0 radical (unpaired) electrons. The summed E-state index contributed by atoms with van der Waals surface area (Å²) in [5.41, 5.74) is 1.14. The Bertz CT molecular complexity index is 766. The van der Waals surface area contributed by atoms with E-state index in [0.29, 0.717) is 22.0 Å². The molecule has 1 N–H and O–H groups in total. The van der Waals surface area contributed by atoms with Crippen LogP contribution in [0.1, 0.15) is 35.1 Å². The van der Waals surface area contributed by atoms with Gasteiger partial charge in [0, 0.05) is 12.1 Å². The molecule has 3 aliphatic rings. The van der Waals surface area contributed by atoms with Gasteiger partial charge in [0.15, 0.2) is 5.01 Å². The van der Waals surface area contributed by atoms with Gasteiger partial charge in [-0.05, 0) is 63.4 Å². The Kier molecular flexibility index (Phi) is 4.48. The highest BCUT2D eigenvalue weighted by Gasteiger charge is 2.40. The average molecular weight is 357 g/mol. The first-order chi connectivity index (χ1) is 12.1. The molecular formula is C19H23N3O2S. The van der Waals surface area contributed by atoms with Gasteiger partial charge in [-0.1, -0.05) is 23.5 Å². The number of nitrogens with zero attached hydrogens (tertiary/aromatic N) is 2. The molecule has 3 aliphatic heterocycles. The van der Waals surface area contributed by atoms with Crippen LogP contribution in [0.3, 0.4) is 0 Å². The second-order valence-corrected chi connectivity index (χ2v) is 8.01. The molecule has 0 saturated carbocycles. The van der Waals surface area contributed by atoms with Crippen LogP contribution in [-0.2, 0) is 0 Å². The van der Waals surface area contributed by atoms with Crippen molar-refractivity contribution in [3.63, 3.8) is 0 Å². The maximum atomic E-state index is 12.6. The van der Waals surface area contributed by atoms with Crippen LogP contribution in [0.5, 0.6) is 10.8 Å². The standard InChI is InChI=1S/C19H23N3O2S/c1-12-4-3-5-15(10-12)24-16-11-20-19(25-16)18(23)21-17-13(2)22-8-6-14(17)7-9-22/h3-5,10-11,13-14,17H,6-9H2,1-2H3,(H,21,23)/t13-,17-/m0/s1. The normalized spacial score (nSPS) is 27.9. The molecule has 0 unspecified atom stereocenters. The quantitative estimate of drug-likeness (QED) is 0.910. The molecule has 0 aliphatic carbocycles. The number of ether oxygens (including phenoxy) is 1. The van der Waals surface area contributed by atoms with Crippen molar-refractivity contribution in [1.82, 2.24) is 15.2 Å². The van der Waals surface area contributed by atoms with Gasteiger partial charge in [-0.3, -0.25) is 9.69 Å². The van der Waals surface area contributed by atoms with E-state index < -0.39 is 0 Å². The first-order valence-corrected chi connectivity index (χ1v) is 9.67. The van der Waals surface area contributed by atoms with Crippen LogP contribution < -0.4 is 10.1 Å². The predicted molar refractivity (Wildman–Crippen MR) is 98.4 cm³/mol. The molecule has 3 fully saturated rings. The lowest BCUT2D eigenvalue weighted by molar-refractivity contribution is 0.0217. The number of rotatable bonds is 4. The number of carbonyl (C=O) groups is 1. The molecule has 2 atom stereocenters. The minimum atomic E-state index is -0.0882. The topological polar surface area (TPSA) is 54.5 Å². The van der Waals surface area contributed by atoms with Crippen molar-refractivity contribution < 1.29 is 9.53 Å². The summed E-state index contributed by atoms with van der Waals surface area (Å²) in [5, 5.41) is 4.32. The van der Waals surface area contributed by atoms with E-state index in [0.717, 1.165) is 24.4 Å². The maximum Gasteiger partial charge on any atom is 0.280 e. The number of fused-ring (bicyclic) bond motifs is 3. The Morgan fingerprint density at radius 2 is 2.16 bits per heavy atom. The average Bonchev–Trinajstić information content (AvgIpc) is 3.07. The zero-order valence-electron chi connectivity index (χ0n) is 14.6. The first-order valence-electron chi connectivity index (χ1n) is 8.85. The number of aromatic nitrogens is 1. The molecule has 1 amide bonds. The molecule has 0 spiro atoms. The van der Waals surface area contributed by atoms with Crippen molar-refractivity contribution in [2.75, 3.05) is 13.1 Å². The van der Waals surface area contributed by atoms with Crippen LogP contribution in [0.2, 0.25) is 0 Å². The Hall–Kier alpha value is -1.92. The molecule has 132 valence electrons. The SMILES string of the molecule is Cc1cccc(Oc2cnc(C(=O)N[C@@H]3C4CCN(CC4)[C@H]3C)s2)c1. The zero-order valence-corrected chi connectivity index (χ0v) is 15.4. The van der Waals surface area contributed by atoms with E-state index >= 15 is 0 Å². The van der Waals surface area contributed by atoms with Crippen LogP contribution >= 0.6 is 11.3 Å². The summed E-state index contributed by atoms with van der Waals surface area (Å²) in [4.78, 5) is 19.3. The van der Waals surface area contributed by atoms with Gasteiger partial charge < -0.3 is 10.1 Å². The van der Waals surface area contributed by atoms with Crippen LogP contribution in [0.4, 0.5) is 0 Å². The van der Waals surface area contributed by atoms with Gasteiger partial charge in [0.25, 0.3) is 5.91 Å². The summed E-state index contributed by atoms with van der Waals surface area (Å²) in [5.74, 6) is 1.27. The van der Waals surface area contributed by atoms with E-state index in [2.05, 4.69) is 22.1 Å². The molecule has 1 aromatic heterocycles. The van der Waals surface area contributed by atoms with Crippen molar-refractivity contribution in [3.8, 4) is 10.8 Å². The second kappa shape index (κ2) is 6.77. The zero-order chi connectivity index (χ0) is 17.4. The molecule has 5 nitrogen and oxygen atoms in total. The van der Waals surface area contributed by atoms with Gasteiger partial charge in [-0.2, -0.15) is 0 Å². The van der Waals surface area contributed by atoms with E-state index in [1.54, 1.807) is 6.20 Å². The molecule has 4 heterocycles. The summed E-state index contributed by atoms with van der Waals surface area (Å²) in [6.07, 6.45) is 3.98. The highest BCUT2D eigenvalue weighted by atomic mass is 32.1. The molecule has 2 aromatic rings. The number of aryl methyl sites for hydroxylation is 1. The number of benzene rings is 1. The monoisotopic (exact) mass is 357 g/mol. The predicted octanol–water partition coefficient (Wildman–Crippen LogP) is 3.46. The fraction of sp³-hybridized carbons (Fsp3) is 0.474. The van der Waals surface area contributed by atoms with Gasteiger partial charge in [-0.25, -0.2) is 4.98 Å². The van der Waals surface area contributed by atoms with Gasteiger partial charge in [0.1, 0.15) is 5.75 Å². The van der Waals surface area contributed by atoms with Crippen molar-refractivity contribution >= 4 is 17.2 Å². The lowest BCUT2D eigenvalue weighted by Gasteiger charge is -2.49. The van der Waals surface area contributed by atoms with E-state index in [1.807, 2.05) is 31.2 Å². The van der Waals surface area contributed by atoms with Crippen molar-refractivity contribution in [1.29, 1.82) is 0 Å². The summed E-state index contributed by atoms with van der Waals surface area (Å²) in [6.45, 7) is 6.55.